The van der Waals surface area contributed by atoms with E-state index in [1.54, 1.807) is 0 Å². The molecule has 0 N–H and O–H groups in total. The molecule has 0 aliphatic carbocycles. The van der Waals surface area contributed by atoms with Crippen LogP contribution in [-0.4, -0.2) is 13.7 Å². The molecule has 0 saturated carbocycles. The van der Waals surface area contributed by atoms with Crippen molar-refractivity contribution >= 4 is 50.6 Å². The van der Waals surface area contributed by atoms with E-state index in [0.29, 0.717) is 0 Å². The Hall–Kier alpha value is -0.963. The Morgan fingerprint density at radius 1 is 0.824 bits per heavy atom. The zero-order chi connectivity index (χ0) is 12.0. The molecule has 3 rings (SSSR count). The lowest BCUT2D eigenvalue weighted by atomic mass is 10.2. The van der Waals surface area contributed by atoms with Crippen molar-refractivity contribution < 1.29 is 0 Å². The van der Waals surface area contributed by atoms with Gasteiger partial charge in [-0.1, -0.05) is 36.4 Å². The molecule has 86 valence electrons. The monoisotopic (exact) mass is 279 g/mol. The van der Waals surface area contributed by atoms with Gasteiger partial charge < -0.3 is 4.90 Å². The molecule has 0 bridgehead atoms. The van der Waals surface area contributed by atoms with Crippen LogP contribution >= 0.6 is 22.2 Å². The summed E-state index contributed by atoms with van der Waals surface area (Å²) in [6.07, 6.45) is 0. The van der Waals surface area contributed by atoms with E-state index < -0.39 is 6.69 Å². The predicted octanol–water partition coefficient (Wildman–Crippen LogP) is 2.80. The van der Waals surface area contributed by atoms with Crippen LogP contribution in [-0.2, 0) is 0 Å². The quantitative estimate of drug-likeness (QED) is 0.530. The highest BCUT2D eigenvalue weighted by atomic mass is 35.7. The lowest BCUT2D eigenvalue weighted by molar-refractivity contribution is 1.22. The molecule has 0 unspecified atom stereocenters. The van der Waals surface area contributed by atoms with Gasteiger partial charge in [0.25, 0.3) is 0 Å². The Kier molecular flexibility index (Phi) is 2.47. The third-order valence-electron chi connectivity index (χ3n) is 3.21. The molecule has 0 saturated heterocycles. The number of anilines is 2. The molecule has 2 aromatic rings. The van der Waals surface area contributed by atoms with Crippen LogP contribution in [0, 0.1) is 0 Å². The molecule has 0 atom stereocenters. The summed E-state index contributed by atoms with van der Waals surface area (Å²) >= 11 is 13.4. The topological polar surface area (TPSA) is 3.24 Å². The van der Waals surface area contributed by atoms with E-state index >= 15 is 0 Å². The number of nitrogens with zero attached hydrogens (tertiary/aromatic N) is 1. The molecule has 4 heteroatoms. The van der Waals surface area contributed by atoms with E-state index in [-0.39, 0.29) is 0 Å². The lowest BCUT2D eigenvalue weighted by Crippen LogP contribution is -2.55. The fourth-order valence-corrected chi connectivity index (χ4v) is 6.30. The SMILES string of the molecule is CN1c2ccccc2[Si](Cl)(Cl)c2ccccc21. The van der Waals surface area contributed by atoms with E-state index in [0.717, 1.165) is 21.7 Å². The van der Waals surface area contributed by atoms with Crippen LogP contribution < -0.4 is 15.3 Å². The molecule has 1 aliphatic rings. The molecule has 0 fully saturated rings. The van der Waals surface area contributed by atoms with Crippen LogP contribution in [0.4, 0.5) is 11.4 Å². The number of hydrogen-bond donors (Lipinski definition) is 0. The van der Waals surface area contributed by atoms with Crippen LogP contribution in [0.25, 0.3) is 0 Å². The van der Waals surface area contributed by atoms with Crippen molar-refractivity contribution in [3.05, 3.63) is 48.5 Å². The molecule has 0 aromatic heterocycles. The zero-order valence-corrected chi connectivity index (χ0v) is 11.8. The van der Waals surface area contributed by atoms with Gasteiger partial charge in [0.05, 0.1) is 0 Å². The molecule has 1 aliphatic heterocycles. The average Bonchev–Trinajstić information content (AvgIpc) is 2.37. The Labute approximate surface area is 111 Å². The average molecular weight is 280 g/mol. The van der Waals surface area contributed by atoms with Crippen molar-refractivity contribution in [1.82, 2.24) is 0 Å². The molecule has 0 radical (unpaired) electrons. The van der Waals surface area contributed by atoms with E-state index in [1.807, 2.05) is 36.4 Å². The van der Waals surface area contributed by atoms with Gasteiger partial charge in [-0.3, -0.25) is 0 Å². The van der Waals surface area contributed by atoms with Gasteiger partial charge in [0.15, 0.2) is 0 Å². The van der Waals surface area contributed by atoms with Crippen molar-refractivity contribution in [3.63, 3.8) is 0 Å². The maximum atomic E-state index is 6.68. The smallest absolute Gasteiger partial charge is 0.314 e. The lowest BCUT2D eigenvalue weighted by Gasteiger charge is -2.35. The van der Waals surface area contributed by atoms with Gasteiger partial charge in [-0.15, -0.1) is 22.2 Å². The molecular formula is C13H11Cl2NSi. The summed E-state index contributed by atoms with van der Waals surface area (Å²) in [7, 11) is 2.05. The summed E-state index contributed by atoms with van der Waals surface area (Å²) in [5.41, 5.74) is 2.23. The van der Waals surface area contributed by atoms with Gasteiger partial charge in [-0.2, -0.15) is 0 Å². The highest BCUT2D eigenvalue weighted by Gasteiger charge is 2.42. The highest BCUT2D eigenvalue weighted by Crippen LogP contribution is 2.33. The maximum Gasteiger partial charge on any atom is 0.314 e. The van der Waals surface area contributed by atoms with E-state index in [9.17, 15) is 0 Å². The van der Waals surface area contributed by atoms with E-state index in [1.165, 1.54) is 0 Å². The predicted molar refractivity (Wildman–Crippen MR) is 77.7 cm³/mol. The highest BCUT2D eigenvalue weighted by molar-refractivity contribution is 7.57. The number of benzene rings is 2. The second kappa shape index (κ2) is 3.77. The molecule has 0 spiro atoms. The minimum Gasteiger partial charge on any atom is -0.345 e. The van der Waals surface area contributed by atoms with Gasteiger partial charge >= 0.3 is 6.69 Å². The summed E-state index contributed by atoms with van der Waals surface area (Å²) in [4.78, 5) is 2.15. The minimum atomic E-state index is -2.57. The number of rotatable bonds is 0. The molecule has 0 amide bonds. The first-order valence-electron chi connectivity index (χ1n) is 5.43. The number of halogens is 2. The molecule has 2 aromatic carbocycles. The Morgan fingerprint density at radius 3 is 1.71 bits per heavy atom. The fraction of sp³-hybridized carbons (Fsp3) is 0.0769. The van der Waals surface area contributed by atoms with Crippen molar-refractivity contribution in [1.29, 1.82) is 0 Å². The summed E-state index contributed by atoms with van der Waals surface area (Å²) in [5, 5.41) is 2.15. The maximum absolute atomic E-state index is 6.68. The van der Waals surface area contributed by atoms with Crippen molar-refractivity contribution in [2.75, 3.05) is 11.9 Å². The van der Waals surface area contributed by atoms with Crippen molar-refractivity contribution in [3.8, 4) is 0 Å². The normalized spacial score (nSPS) is 16.3. The molecule has 17 heavy (non-hydrogen) atoms. The first kappa shape index (κ1) is 11.1. The first-order valence-corrected chi connectivity index (χ1v) is 9.45. The molecular weight excluding hydrogens is 269 g/mol. The Morgan fingerprint density at radius 2 is 1.24 bits per heavy atom. The van der Waals surface area contributed by atoms with Gasteiger partial charge in [0, 0.05) is 18.4 Å². The van der Waals surface area contributed by atoms with Crippen LogP contribution in [0.1, 0.15) is 0 Å². The summed E-state index contributed by atoms with van der Waals surface area (Å²) < 4.78 is 0. The summed E-state index contributed by atoms with van der Waals surface area (Å²) in [5.74, 6) is 0. The Bertz CT molecular complexity index is 534. The summed E-state index contributed by atoms with van der Waals surface area (Å²) in [6, 6.07) is 16.2. The van der Waals surface area contributed by atoms with Crippen LogP contribution in [0.5, 0.6) is 0 Å². The van der Waals surface area contributed by atoms with Crippen LogP contribution in [0.15, 0.2) is 48.5 Å². The van der Waals surface area contributed by atoms with Gasteiger partial charge in [0.2, 0.25) is 0 Å². The summed E-state index contributed by atoms with van der Waals surface area (Å²) in [6.45, 7) is -2.57. The Balaban J connectivity index is 2.34. The standard InChI is InChI=1S/C13H11Cl2NSi/c1-16-10-6-2-4-8-12(10)17(14,15)13-9-5-3-7-11(13)16/h2-9H,1H3. The van der Waals surface area contributed by atoms with Crippen LogP contribution in [0.2, 0.25) is 0 Å². The third kappa shape index (κ3) is 1.52. The van der Waals surface area contributed by atoms with Gasteiger partial charge in [-0.25, -0.2) is 0 Å². The van der Waals surface area contributed by atoms with E-state index in [4.69, 9.17) is 22.2 Å². The second-order valence-electron chi connectivity index (χ2n) is 4.17. The number of fused-ring (bicyclic) bond motifs is 2. The minimum absolute atomic E-state index is 1.07. The third-order valence-corrected chi connectivity index (χ3v) is 7.85. The van der Waals surface area contributed by atoms with E-state index in [2.05, 4.69) is 24.1 Å². The number of para-hydroxylation sites is 2. The fourth-order valence-electron chi connectivity index (χ4n) is 2.34. The van der Waals surface area contributed by atoms with Crippen molar-refractivity contribution in [2.24, 2.45) is 0 Å². The molecule has 1 heterocycles. The number of hydrogen-bond acceptors (Lipinski definition) is 1. The first-order chi connectivity index (χ1) is 8.12. The molecule has 1 nitrogen and oxygen atoms in total. The largest absolute Gasteiger partial charge is 0.345 e. The van der Waals surface area contributed by atoms with Gasteiger partial charge in [-0.05, 0) is 22.5 Å². The van der Waals surface area contributed by atoms with Crippen molar-refractivity contribution in [2.45, 2.75) is 0 Å². The second-order valence-corrected chi connectivity index (χ2v) is 10.4. The van der Waals surface area contributed by atoms with Gasteiger partial charge in [0.1, 0.15) is 0 Å². The zero-order valence-electron chi connectivity index (χ0n) is 9.32. The van der Waals surface area contributed by atoms with Crippen LogP contribution in [0.3, 0.4) is 0 Å².